The maximum absolute atomic E-state index is 13.6. The summed E-state index contributed by atoms with van der Waals surface area (Å²) in [6, 6.07) is 8.87. The van der Waals surface area contributed by atoms with Gasteiger partial charge in [-0.05, 0) is 74.1 Å². The molecule has 2 N–H and O–H groups in total. The number of amides is 1. The van der Waals surface area contributed by atoms with Crippen LogP contribution >= 0.6 is 0 Å². The molecule has 1 unspecified atom stereocenters. The fraction of sp³-hybridized carbons (Fsp3) is 0.375. The third-order valence-corrected chi connectivity index (χ3v) is 5.96. The Balaban J connectivity index is 1.46. The van der Waals surface area contributed by atoms with E-state index in [-0.39, 0.29) is 17.8 Å². The molecule has 1 aromatic carbocycles. The molecule has 0 spiro atoms. The molecule has 6 nitrogen and oxygen atoms in total. The van der Waals surface area contributed by atoms with E-state index in [1.807, 2.05) is 36.7 Å². The molecule has 0 saturated carbocycles. The minimum Gasteiger partial charge on any atom is -0.347 e. The molecule has 1 atom stereocenters. The lowest BCUT2D eigenvalue weighted by Gasteiger charge is -2.25. The van der Waals surface area contributed by atoms with E-state index in [9.17, 15) is 9.18 Å². The van der Waals surface area contributed by atoms with Crippen LogP contribution in [0.15, 0.2) is 42.7 Å². The Kier molecular flexibility index (Phi) is 6.42. The van der Waals surface area contributed by atoms with Gasteiger partial charge in [-0.2, -0.15) is 5.10 Å². The minimum absolute atomic E-state index is 0.151. The molecule has 0 saturated heterocycles. The van der Waals surface area contributed by atoms with E-state index in [2.05, 4.69) is 20.7 Å². The summed E-state index contributed by atoms with van der Waals surface area (Å²) in [5.74, 6) is -0.368. The van der Waals surface area contributed by atoms with Gasteiger partial charge in [0.05, 0.1) is 0 Å². The van der Waals surface area contributed by atoms with Crippen molar-refractivity contribution in [1.29, 1.82) is 0 Å². The zero-order valence-corrected chi connectivity index (χ0v) is 18.0. The van der Waals surface area contributed by atoms with Crippen LogP contribution < -0.4 is 10.6 Å². The predicted octanol–water partition coefficient (Wildman–Crippen LogP) is 3.32. The predicted molar refractivity (Wildman–Crippen MR) is 117 cm³/mol. The normalized spacial score (nSPS) is 15.5. The van der Waals surface area contributed by atoms with E-state index in [0.717, 1.165) is 53.8 Å². The van der Waals surface area contributed by atoms with Crippen LogP contribution in [0, 0.1) is 12.7 Å². The molecular weight excluding hydrogens is 393 g/mol. The molecular formula is C24H28FN5O. The third kappa shape index (κ3) is 4.82. The van der Waals surface area contributed by atoms with Crippen molar-refractivity contribution < 1.29 is 9.18 Å². The number of benzene rings is 1. The van der Waals surface area contributed by atoms with Gasteiger partial charge in [0.25, 0.3) is 5.91 Å². The first-order valence-electron chi connectivity index (χ1n) is 10.8. The second-order valence-corrected chi connectivity index (χ2v) is 8.02. The average molecular weight is 422 g/mol. The van der Waals surface area contributed by atoms with Gasteiger partial charge < -0.3 is 10.6 Å². The molecule has 3 aromatic rings. The van der Waals surface area contributed by atoms with Crippen LogP contribution in [0.1, 0.15) is 51.8 Å². The zero-order valence-electron chi connectivity index (χ0n) is 18.0. The highest BCUT2D eigenvalue weighted by Crippen LogP contribution is 2.25. The Morgan fingerprint density at radius 3 is 2.81 bits per heavy atom. The number of carbonyl (C=O) groups excluding carboxylic acids is 1. The van der Waals surface area contributed by atoms with Crippen LogP contribution in [0.3, 0.4) is 0 Å². The lowest BCUT2D eigenvalue weighted by atomic mass is 9.91. The number of aryl methyl sites for hydroxylation is 2. The largest absolute Gasteiger partial charge is 0.347 e. The van der Waals surface area contributed by atoms with E-state index in [4.69, 9.17) is 0 Å². The first-order chi connectivity index (χ1) is 15.0. The van der Waals surface area contributed by atoms with Crippen molar-refractivity contribution in [3.63, 3.8) is 0 Å². The van der Waals surface area contributed by atoms with Crippen molar-refractivity contribution in [3.05, 3.63) is 82.2 Å². The Morgan fingerprint density at radius 1 is 1.23 bits per heavy atom. The van der Waals surface area contributed by atoms with Gasteiger partial charge in [0.2, 0.25) is 0 Å². The molecule has 31 heavy (non-hydrogen) atoms. The van der Waals surface area contributed by atoms with E-state index in [0.29, 0.717) is 18.8 Å². The summed E-state index contributed by atoms with van der Waals surface area (Å²) >= 11 is 0. The Hall–Kier alpha value is -3.06. The molecule has 1 aliphatic rings. The number of rotatable bonds is 7. The van der Waals surface area contributed by atoms with E-state index < -0.39 is 0 Å². The number of nitrogens with one attached hydrogen (secondary N) is 2. The summed E-state index contributed by atoms with van der Waals surface area (Å²) in [7, 11) is 0. The van der Waals surface area contributed by atoms with E-state index in [1.165, 1.54) is 6.07 Å². The number of halogens is 1. The monoisotopic (exact) mass is 421 g/mol. The van der Waals surface area contributed by atoms with E-state index in [1.54, 1.807) is 18.5 Å². The lowest BCUT2D eigenvalue weighted by Crippen LogP contribution is -2.35. The first-order valence-corrected chi connectivity index (χ1v) is 10.8. The molecule has 2 aromatic heterocycles. The summed E-state index contributed by atoms with van der Waals surface area (Å²) in [5, 5.41) is 11.2. The number of fused-ring (bicyclic) bond motifs is 1. The topological polar surface area (TPSA) is 71.8 Å². The standard InChI is InChI=1S/C24H28FN5O/c1-3-30-22-7-6-20(27-15-18-12-19(25)5-4-16(18)2)13-21(22)23(29-30)24(31)28-14-17-8-10-26-11-9-17/h4-5,8-12,20,27H,3,6-7,13-15H2,1-2H3,(H,28,31). The van der Waals surface area contributed by atoms with Gasteiger partial charge in [0, 0.05) is 49.3 Å². The first kappa shape index (κ1) is 21.2. The third-order valence-electron chi connectivity index (χ3n) is 5.96. The van der Waals surface area contributed by atoms with Crippen LogP contribution in [-0.2, 0) is 32.5 Å². The van der Waals surface area contributed by atoms with Crippen molar-refractivity contribution in [2.75, 3.05) is 0 Å². The number of aromatic nitrogens is 3. The van der Waals surface area contributed by atoms with Gasteiger partial charge in [-0.25, -0.2) is 4.39 Å². The fourth-order valence-electron chi connectivity index (χ4n) is 4.16. The lowest BCUT2D eigenvalue weighted by molar-refractivity contribution is 0.0944. The van der Waals surface area contributed by atoms with Crippen molar-refractivity contribution in [1.82, 2.24) is 25.4 Å². The summed E-state index contributed by atoms with van der Waals surface area (Å²) < 4.78 is 15.5. The highest BCUT2D eigenvalue weighted by atomic mass is 19.1. The van der Waals surface area contributed by atoms with Gasteiger partial charge in [0.15, 0.2) is 5.69 Å². The van der Waals surface area contributed by atoms with Crippen LogP contribution in [0.5, 0.6) is 0 Å². The van der Waals surface area contributed by atoms with E-state index >= 15 is 0 Å². The number of hydrogen-bond acceptors (Lipinski definition) is 4. The van der Waals surface area contributed by atoms with Gasteiger partial charge in [-0.15, -0.1) is 0 Å². The molecule has 1 amide bonds. The second kappa shape index (κ2) is 9.39. The van der Waals surface area contributed by atoms with Crippen LogP contribution in [0.4, 0.5) is 4.39 Å². The highest BCUT2D eigenvalue weighted by Gasteiger charge is 2.28. The number of carbonyl (C=O) groups is 1. The Labute approximate surface area is 181 Å². The highest BCUT2D eigenvalue weighted by molar-refractivity contribution is 5.94. The van der Waals surface area contributed by atoms with Crippen LogP contribution in [-0.4, -0.2) is 26.7 Å². The number of nitrogens with zero attached hydrogens (tertiary/aromatic N) is 3. The summed E-state index contributed by atoms with van der Waals surface area (Å²) in [5.41, 5.74) is 5.72. The van der Waals surface area contributed by atoms with Gasteiger partial charge >= 0.3 is 0 Å². The smallest absolute Gasteiger partial charge is 0.272 e. The summed E-state index contributed by atoms with van der Waals surface area (Å²) in [4.78, 5) is 16.9. The molecule has 0 bridgehead atoms. The second-order valence-electron chi connectivity index (χ2n) is 8.02. The maximum atomic E-state index is 13.6. The van der Waals surface area contributed by atoms with Crippen molar-refractivity contribution in [3.8, 4) is 0 Å². The zero-order chi connectivity index (χ0) is 21.8. The molecule has 2 heterocycles. The Bertz CT molecular complexity index is 1060. The molecule has 0 radical (unpaired) electrons. The minimum atomic E-state index is -0.217. The number of hydrogen-bond donors (Lipinski definition) is 2. The van der Waals surface area contributed by atoms with Gasteiger partial charge in [-0.1, -0.05) is 6.07 Å². The molecule has 1 aliphatic carbocycles. The quantitative estimate of drug-likeness (QED) is 0.614. The van der Waals surface area contributed by atoms with Gasteiger partial charge in [0.1, 0.15) is 5.82 Å². The summed E-state index contributed by atoms with van der Waals surface area (Å²) in [6.45, 7) is 5.82. The molecule has 0 fully saturated rings. The van der Waals surface area contributed by atoms with Crippen molar-refractivity contribution in [2.45, 2.75) is 58.8 Å². The number of pyridine rings is 1. The molecule has 7 heteroatoms. The molecule has 4 rings (SSSR count). The average Bonchev–Trinajstić information content (AvgIpc) is 3.17. The van der Waals surface area contributed by atoms with Crippen LogP contribution in [0.25, 0.3) is 0 Å². The summed E-state index contributed by atoms with van der Waals surface area (Å²) in [6.07, 6.45) is 6.00. The fourth-order valence-corrected chi connectivity index (χ4v) is 4.16. The van der Waals surface area contributed by atoms with Crippen LogP contribution in [0.2, 0.25) is 0 Å². The maximum Gasteiger partial charge on any atom is 0.272 e. The molecule has 162 valence electrons. The van der Waals surface area contributed by atoms with Crippen molar-refractivity contribution in [2.24, 2.45) is 0 Å². The van der Waals surface area contributed by atoms with Gasteiger partial charge in [-0.3, -0.25) is 14.5 Å². The van der Waals surface area contributed by atoms with Crippen molar-refractivity contribution >= 4 is 5.91 Å². The molecule has 0 aliphatic heterocycles. The SMILES string of the molecule is CCn1nc(C(=O)NCc2ccncc2)c2c1CCC(NCc1cc(F)ccc1C)C2. The Morgan fingerprint density at radius 2 is 2.03 bits per heavy atom.